The Balaban J connectivity index is 1.27. The van der Waals surface area contributed by atoms with Crippen molar-refractivity contribution in [3.05, 3.63) is 59.7 Å². The van der Waals surface area contributed by atoms with Gasteiger partial charge in [-0.15, -0.1) is 11.3 Å². The molecule has 4 rings (SSSR count). The van der Waals surface area contributed by atoms with Gasteiger partial charge in [0.15, 0.2) is 10.9 Å². The molecule has 0 radical (unpaired) electrons. The van der Waals surface area contributed by atoms with E-state index in [0.717, 1.165) is 40.7 Å². The first-order valence-corrected chi connectivity index (χ1v) is 12.3. The van der Waals surface area contributed by atoms with Crippen LogP contribution in [0.3, 0.4) is 0 Å². The molecule has 5 nitrogen and oxygen atoms in total. The first-order valence-electron chi connectivity index (χ1n) is 10.5. The molecule has 1 aliphatic heterocycles. The molecule has 2 aromatic carbocycles. The minimum atomic E-state index is -0.461. The Kier molecular flexibility index (Phi) is 6.92. The average molecular weight is 455 g/mol. The van der Waals surface area contributed by atoms with Gasteiger partial charge in [-0.05, 0) is 48.1 Å². The Bertz CT molecular complexity index is 1020. The lowest BCUT2D eigenvalue weighted by Gasteiger charge is -2.34. The van der Waals surface area contributed by atoms with E-state index in [0.29, 0.717) is 17.4 Å². The number of thiazole rings is 1. The third-order valence-corrected chi connectivity index (χ3v) is 7.63. The Labute approximate surface area is 190 Å². The Hall–Kier alpha value is -2.38. The number of piperidine rings is 1. The molecule has 0 bridgehead atoms. The molecule has 1 amide bonds. The van der Waals surface area contributed by atoms with Crippen molar-refractivity contribution in [1.82, 2.24) is 9.88 Å². The van der Waals surface area contributed by atoms with E-state index in [1.54, 1.807) is 35.2 Å². The van der Waals surface area contributed by atoms with Gasteiger partial charge < -0.3 is 9.64 Å². The number of ether oxygens (including phenoxy) is 1. The summed E-state index contributed by atoms with van der Waals surface area (Å²) >= 11 is 3.37. The van der Waals surface area contributed by atoms with Crippen molar-refractivity contribution in [2.45, 2.75) is 30.4 Å². The Morgan fingerprint density at radius 1 is 1.10 bits per heavy atom. The molecular formula is C24H26N2O3S2. The molecule has 0 saturated carbocycles. The van der Waals surface area contributed by atoms with Gasteiger partial charge in [-0.3, -0.25) is 4.79 Å². The van der Waals surface area contributed by atoms with Gasteiger partial charge in [-0.25, -0.2) is 9.78 Å². The maximum absolute atomic E-state index is 12.4. The normalized spacial score (nSPS) is 18.8. The zero-order valence-corrected chi connectivity index (χ0v) is 19.4. The summed E-state index contributed by atoms with van der Waals surface area (Å²) in [6.45, 7) is 5.58. The first-order chi connectivity index (χ1) is 15.0. The number of hydrogen-bond acceptors (Lipinski definition) is 6. The van der Waals surface area contributed by atoms with E-state index in [4.69, 9.17) is 4.74 Å². The second-order valence-corrected chi connectivity index (χ2v) is 10.5. The predicted octanol–water partition coefficient (Wildman–Crippen LogP) is 5.25. The minimum absolute atomic E-state index is 0.115. The minimum Gasteiger partial charge on any atom is -0.452 e. The smallest absolute Gasteiger partial charge is 0.338 e. The van der Waals surface area contributed by atoms with E-state index in [9.17, 15) is 9.59 Å². The number of rotatable bonds is 6. The third kappa shape index (κ3) is 5.66. The van der Waals surface area contributed by atoms with E-state index >= 15 is 0 Å². The highest BCUT2D eigenvalue weighted by Crippen LogP contribution is 2.31. The largest absolute Gasteiger partial charge is 0.452 e. The number of likely N-dealkylation sites (tertiary alicyclic amines) is 1. The number of nitrogens with zero attached hydrogens (tertiary/aromatic N) is 2. The molecule has 31 heavy (non-hydrogen) atoms. The van der Waals surface area contributed by atoms with Crippen LogP contribution in [0.15, 0.2) is 52.9 Å². The summed E-state index contributed by atoms with van der Waals surface area (Å²) in [5.74, 6) is 1.17. The number of hydrogen-bond donors (Lipinski definition) is 0. The molecule has 1 aromatic heterocycles. The fraction of sp³-hybridized carbons (Fsp3) is 0.375. The quantitative estimate of drug-likeness (QED) is 0.376. The summed E-state index contributed by atoms with van der Waals surface area (Å²) in [6, 6.07) is 15.5. The number of carbonyl (C=O) groups is 2. The zero-order chi connectivity index (χ0) is 21.8. The topological polar surface area (TPSA) is 59.5 Å². The Morgan fingerprint density at radius 3 is 2.52 bits per heavy atom. The Morgan fingerprint density at radius 2 is 1.81 bits per heavy atom. The lowest BCUT2D eigenvalue weighted by Crippen LogP contribution is -2.44. The number of amides is 1. The number of carbonyl (C=O) groups excluding carboxylic acids is 2. The van der Waals surface area contributed by atoms with Crippen LogP contribution in [0, 0.1) is 11.8 Å². The number of benzene rings is 2. The molecule has 0 spiro atoms. The fourth-order valence-corrected chi connectivity index (χ4v) is 5.99. The van der Waals surface area contributed by atoms with Gasteiger partial charge in [0.1, 0.15) is 0 Å². The first kappa shape index (κ1) is 21.8. The molecular weight excluding hydrogens is 428 g/mol. The van der Waals surface area contributed by atoms with Crippen LogP contribution in [-0.4, -0.2) is 41.5 Å². The fourth-order valence-electron chi connectivity index (χ4n) is 3.96. The number of para-hydroxylation sites is 1. The lowest BCUT2D eigenvalue weighted by atomic mass is 9.92. The van der Waals surface area contributed by atoms with Crippen molar-refractivity contribution < 1.29 is 14.3 Å². The van der Waals surface area contributed by atoms with Gasteiger partial charge in [0, 0.05) is 18.8 Å². The molecule has 0 N–H and O–H groups in total. The zero-order valence-electron chi connectivity index (χ0n) is 17.7. The van der Waals surface area contributed by atoms with Crippen LogP contribution in [0.5, 0.6) is 0 Å². The maximum atomic E-state index is 12.4. The summed E-state index contributed by atoms with van der Waals surface area (Å²) in [5, 5.41) is 0. The molecule has 7 heteroatoms. The van der Waals surface area contributed by atoms with Gasteiger partial charge in [0.2, 0.25) is 0 Å². The number of esters is 1. The highest BCUT2D eigenvalue weighted by molar-refractivity contribution is 8.00. The molecule has 162 valence electrons. The van der Waals surface area contributed by atoms with Crippen LogP contribution in [0.1, 0.15) is 36.2 Å². The monoisotopic (exact) mass is 454 g/mol. The van der Waals surface area contributed by atoms with Crippen LogP contribution in [0.4, 0.5) is 0 Å². The summed E-state index contributed by atoms with van der Waals surface area (Å²) in [5.41, 5.74) is 2.59. The summed E-state index contributed by atoms with van der Waals surface area (Å²) in [4.78, 5) is 31.2. The molecule has 1 fully saturated rings. The van der Waals surface area contributed by atoms with E-state index in [1.165, 1.54) is 4.70 Å². The van der Waals surface area contributed by atoms with Crippen LogP contribution in [0.25, 0.3) is 10.2 Å². The van der Waals surface area contributed by atoms with Crippen molar-refractivity contribution in [3.8, 4) is 0 Å². The summed E-state index contributed by atoms with van der Waals surface area (Å²) in [6.07, 6.45) is 1.13. The van der Waals surface area contributed by atoms with Crippen molar-refractivity contribution in [3.63, 3.8) is 0 Å². The van der Waals surface area contributed by atoms with Crippen LogP contribution >= 0.6 is 23.1 Å². The maximum Gasteiger partial charge on any atom is 0.338 e. The molecule has 2 atom stereocenters. The highest BCUT2D eigenvalue weighted by atomic mass is 32.2. The van der Waals surface area contributed by atoms with Crippen molar-refractivity contribution in [2.24, 2.45) is 11.8 Å². The molecule has 1 aliphatic rings. The van der Waals surface area contributed by atoms with E-state index in [-0.39, 0.29) is 12.5 Å². The van der Waals surface area contributed by atoms with Gasteiger partial charge >= 0.3 is 5.97 Å². The molecule has 3 aromatic rings. The van der Waals surface area contributed by atoms with Gasteiger partial charge in [0.05, 0.1) is 15.8 Å². The van der Waals surface area contributed by atoms with Crippen molar-refractivity contribution in [1.29, 1.82) is 0 Å². The molecule has 1 saturated heterocycles. The summed E-state index contributed by atoms with van der Waals surface area (Å²) in [7, 11) is 0. The van der Waals surface area contributed by atoms with E-state index in [2.05, 4.69) is 24.9 Å². The van der Waals surface area contributed by atoms with Gasteiger partial charge in [-0.1, -0.05) is 49.9 Å². The van der Waals surface area contributed by atoms with E-state index < -0.39 is 5.97 Å². The second-order valence-electron chi connectivity index (χ2n) is 8.25. The summed E-state index contributed by atoms with van der Waals surface area (Å²) < 4.78 is 7.49. The van der Waals surface area contributed by atoms with Crippen molar-refractivity contribution in [2.75, 3.05) is 19.7 Å². The third-order valence-electron chi connectivity index (χ3n) is 5.37. The standard InChI is InChI=1S/C24H26N2O3S2/c1-16-11-17(2)13-26(12-16)22(27)14-29-23(28)19-9-7-18(8-10-19)15-30-24-25-20-5-3-4-6-21(20)31-24/h3-10,16-17H,11-15H2,1-2H3/t16-,17+. The molecule has 0 unspecified atom stereocenters. The van der Waals surface area contributed by atoms with Gasteiger partial charge in [-0.2, -0.15) is 0 Å². The van der Waals surface area contributed by atoms with Crippen molar-refractivity contribution >= 4 is 45.2 Å². The average Bonchev–Trinajstić information content (AvgIpc) is 3.18. The number of thioether (sulfide) groups is 1. The molecule has 0 aliphatic carbocycles. The van der Waals surface area contributed by atoms with Crippen LogP contribution in [0.2, 0.25) is 0 Å². The second kappa shape index (κ2) is 9.83. The highest BCUT2D eigenvalue weighted by Gasteiger charge is 2.26. The SMILES string of the molecule is C[C@@H]1C[C@H](C)CN(C(=O)COC(=O)c2ccc(CSc3nc4ccccc4s3)cc2)C1. The van der Waals surface area contributed by atoms with E-state index in [1.807, 2.05) is 35.2 Å². The van der Waals surface area contributed by atoms with Gasteiger partial charge in [0.25, 0.3) is 5.91 Å². The number of aromatic nitrogens is 1. The number of fused-ring (bicyclic) bond motifs is 1. The lowest BCUT2D eigenvalue weighted by molar-refractivity contribution is -0.137. The molecule has 2 heterocycles. The predicted molar refractivity (Wildman–Crippen MR) is 125 cm³/mol. The van der Waals surface area contributed by atoms with Crippen LogP contribution in [-0.2, 0) is 15.3 Å². The van der Waals surface area contributed by atoms with Crippen LogP contribution < -0.4 is 0 Å².